The molecule has 7 heteroatoms. The summed E-state index contributed by atoms with van der Waals surface area (Å²) >= 11 is 6.05. The van der Waals surface area contributed by atoms with E-state index < -0.39 is 4.92 Å². The minimum absolute atomic E-state index is 0.0532. The van der Waals surface area contributed by atoms with Gasteiger partial charge in [-0.1, -0.05) is 61.2 Å². The molecular weight excluding hydrogens is 426 g/mol. The summed E-state index contributed by atoms with van der Waals surface area (Å²) in [5.41, 5.74) is 3.30. The first kappa shape index (κ1) is 21.0. The van der Waals surface area contributed by atoms with Crippen molar-refractivity contribution < 1.29 is 9.72 Å². The van der Waals surface area contributed by atoms with Crippen molar-refractivity contribution in [1.29, 1.82) is 0 Å². The molecule has 0 saturated heterocycles. The lowest BCUT2D eigenvalue weighted by atomic mass is 9.76. The lowest BCUT2D eigenvalue weighted by molar-refractivity contribution is -0.384. The van der Waals surface area contributed by atoms with Gasteiger partial charge in [-0.25, -0.2) is 0 Å². The number of hydrogen-bond acceptors (Lipinski definition) is 4. The van der Waals surface area contributed by atoms with Crippen molar-refractivity contribution in [3.63, 3.8) is 0 Å². The third-order valence-electron chi connectivity index (χ3n) is 7.11. The van der Waals surface area contributed by atoms with E-state index in [1.807, 2.05) is 18.2 Å². The number of para-hydroxylation sites is 1. The molecule has 2 N–H and O–H groups in total. The van der Waals surface area contributed by atoms with Crippen LogP contribution < -0.4 is 10.6 Å². The van der Waals surface area contributed by atoms with Crippen molar-refractivity contribution in [3.05, 3.63) is 80.4 Å². The summed E-state index contributed by atoms with van der Waals surface area (Å²) in [4.78, 5) is 24.2. The summed E-state index contributed by atoms with van der Waals surface area (Å²) in [6.07, 6.45) is 10.8. The minimum atomic E-state index is -0.448. The molecule has 166 valence electrons. The van der Waals surface area contributed by atoms with E-state index in [9.17, 15) is 14.9 Å². The minimum Gasteiger partial charge on any atom is -0.377 e. The topological polar surface area (TPSA) is 84.3 Å². The highest BCUT2D eigenvalue weighted by atomic mass is 35.5. The van der Waals surface area contributed by atoms with Gasteiger partial charge in [0.2, 0.25) is 0 Å². The van der Waals surface area contributed by atoms with Gasteiger partial charge in [-0.15, -0.1) is 0 Å². The van der Waals surface area contributed by atoms with Crippen molar-refractivity contribution in [2.45, 2.75) is 56.5 Å². The zero-order chi connectivity index (χ0) is 22.2. The Morgan fingerprint density at radius 1 is 1.16 bits per heavy atom. The van der Waals surface area contributed by atoms with E-state index in [2.05, 4.69) is 28.9 Å². The number of amides is 1. The standard InChI is InChI=1S/C25H26ClN3O3/c26-21-13-12-15(14-22(21)29(31)32)23-18-9-4-8-17(18)19-10-5-11-20(24(19)28-23)25(30)27-16-6-2-1-3-7-16/h4-5,8,10-14,16-18,23,28H,1-3,6-7,9H2,(H,27,30). The van der Waals surface area contributed by atoms with Crippen LogP contribution in [-0.2, 0) is 0 Å². The highest BCUT2D eigenvalue weighted by molar-refractivity contribution is 6.32. The van der Waals surface area contributed by atoms with Crippen LogP contribution in [0.3, 0.4) is 0 Å². The fraction of sp³-hybridized carbons (Fsp3) is 0.400. The number of fused-ring (bicyclic) bond motifs is 3. The molecule has 32 heavy (non-hydrogen) atoms. The molecule has 1 amide bonds. The zero-order valence-corrected chi connectivity index (χ0v) is 18.5. The van der Waals surface area contributed by atoms with E-state index in [0.717, 1.165) is 48.9 Å². The molecule has 0 radical (unpaired) electrons. The maximum Gasteiger partial charge on any atom is 0.288 e. The molecule has 1 saturated carbocycles. The van der Waals surface area contributed by atoms with E-state index in [-0.39, 0.29) is 40.5 Å². The number of benzene rings is 2. The number of anilines is 1. The summed E-state index contributed by atoms with van der Waals surface area (Å²) in [6.45, 7) is 0. The molecule has 2 aliphatic carbocycles. The summed E-state index contributed by atoms with van der Waals surface area (Å²) in [5, 5.41) is 18.4. The number of carbonyl (C=O) groups excluding carboxylic acids is 1. The monoisotopic (exact) mass is 451 g/mol. The molecule has 0 spiro atoms. The molecule has 1 aliphatic heterocycles. The second-order valence-electron chi connectivity index (χ2n) is 9.02. The van der Waals surface area contributed by atoms with Gasteiger partial charge in [-0.05, 0) is 48.4 Å². The lowest BCUT2D eigenvalue weighted by Crippen LogP contribution is -2.37. The van der Waals surface area contributed by atoms with Crippen LogP contribution in [-0.4, -0.2) is 16.9 Å². The SMILES string of the molecule is O=C(NC1CCCCC1)c1cccc2c1NC(c1ccc(Cl)c([N+](=O)[O-])c1)C1CC=CC21. The van der Waals surface area contributed by atoms with Gasteiger partial charge < -0.3 is 10.6 Å². The third kappa shape index (κ3) is 3.77. The van der Waals surface area contributed by atoms with Crippen molar-refractivity contribution >= 4 is 28.9 Å². The maximum absolute atomic E-state index is 13.2. The normalized spacial score (nSPS) is 24.3. The van der Waals surface area contributed by atoms with Gasteiger partial charge in [0.25, 0.3) is 11.6 Å². The van der Waals surface area contributed by atoms with Crippen LogP contribution in [0, 0.1) is 16.0 Å². The van der Waals surface area contributed by atoms with Crippen molar-refractivity contribution in [3.8, 4) is 0 Å². The number of hydrogen-bond donors (Lipinski definition) is 2. The quantitative estimate of drug-likeness (QED) is 0.332. The number of nitrogens with zero attached hydrogens (tertiary/aromatic N) is 1. The van der Waals surface area contributed by atoms with Crippen LogP contribution in [0.2, 0.25) is 5.02 Å². The van der Waals surface area contributed by atoms with Gasteiger partial charge in [0.1, 0.15) is 5.02 Å². The van der Waals surface area contributed by atoms with E-state index in [0.29, 0.717) is 5.56 Å². The predicted octanol–water partition coefficient (Wildman–Crippen LogP) is 6.14. The smallest absolute Gasteiger partial charge is 0.288 e. The first-order valence-corrected chi connectivity index (χ1v) is 11.7. The Bertz CT molecular complexity index is 1090. The molecule has 1 fully saturated rings. The number of nitro groups is 1. The largest absolute Gasteiger partial charge is 0.377 e. The molecule has 3 atom stereocenters. The third-order valence-corrected chi connectivity index (χ3v) is 7.43. The molecule has 3 unspecified atom stereocenters. The second-order valence-corrected chi connectivity index (χ2v) is 9.43. The number of nitrogens with one attached hydrogen (secondary N) is 2. The van der Waals surface area contributed by atoms with Gasteiger partial charge in [0.05, 0.1) is 22.2 Å². The molecule has 6 nitrogen and oxygen atoms in total. The van der Waals surface area contributed by atoms with Gasteiger partial charge in [-0.2, -0.15) is 0 Å². The van der Waals surface area contributed by atoms with Crippen molar-refractivity contribution in [1.82, 2.24) is 5.32 Å². The lowest BCUT2D eigenvalue weighted by Gasteiger charge is -2.38. The Labute approximate surface area is 192 Å². The van der Waals surface area contributed by atoms with Gasteiger partial charge >= 0.3 is 0 Å². The summed E-state index contributed by atoms with van der Waals surface area (Å²) in [6, 6.07) is 11.0. The number of nitro benzene ring substituents is 1. The summed E-state index contributed by atoms with van der Waals surface area (Å²) in [7, 11) is 0. The Hall–Kier alpha value is -2.86. The first-order chi connectivity index (χ1) is 15.5. The summed E-state index contributed by atoms with van der Waals surface area (Å²) in [5.74, 6) is 0.330. The number of halogens is 1. The van der Waals surface area contributed by atoms with E-state index >= 15 is 0 Å². The van der Waals surface area contributed by atoms with Gasteiger partial charge in [0.15, 0.2) is 0 Å². The Morgan fingerprint density at radius 3 is 2.75 bits per heavy atom. The fourth-order valence-electron chi connectivity index (χ4n) is 5.51. The van der Waals surface area contributed by atoms with E-state index in [4.69, 9.17) is 11.6 Å². The van der Waals surface area contributed by atoms with Gasteiger partial charge in [0, 0.05) is 18.0 Å². The molecule has 3 aliphatic rings. The number of rotatable bonds is 4. The molecule has 2 aromatic carbocycles. The highest BCUT2D eigenvalue weighted by Gasteiger charge is 2.40. The fourth-order valence-corrected chi connectivity index (χ4v) is 5.70. The van der Waals surface area contributed by atoms with Crippen LogP contribution in [0.25, 0.3) is 0 Å². The average Bonchev–Trinajstić information content (AvgIpc) is 3.29. The van der Waals surface area contributed by atoms with E-state index in [1.165, 1.54) is 6.42 Å². The van der Waals surface area contributed by atoms with Gasteiger partial charge in [-0.3, -0.25) is 14.9 Å². The highest BCUT2D eigenvalue weighted by Crippen LogP contribution is 2.51. The number of carbonyl (C=O) groups is 1. The molecule has 1 heterocycles. The Morgan fingerprint density at radius 2 is 1.97 bits per heavy atom. The molecule has 0 aromatic heterocycles. The number of allylic oxidation sites excluding steroid dienone is 2. The molecule has 0 bridgehead atoms. The summed E-state index contributed by atoms with van der Waals surface area (Å²) < 4.78 is 0. The van der Waals surface area contributed by atoms with Crippen LogP contribution in [0.4, 0.5) is 11.4 Å². The molecular formula is C25H26ClN3O3. The maximum atomic E-state index is 13.2. The van der Waals surface area contributed by atoms with E-state index in [1.54, 1.807) is 12.1 Å². The average molecular weight is 452 g/mol. The first-order valence-electron chi connectivity index (χ1n) is 11.3. The van der Waals surface area contributed by atoms with Crippen molar-refractivity contribution in [2.75, 3.05) is 5.32 Å². The molecule has 5 rings (SSSR count). The van der Waals surface area contributed by atoms with Crippen molar-refractivity contribution in [2.24, 2.45) is 5.92 Å². The van der Waals surface area contributed by atoms with Crippen LogP contribution in [0.5, 0.6) is 0 Å². The second kappa shape index (κ2) is 8.58. The predicted molar refractivity (Wildman–Crippen MR) is 125 cm³/mol. The van der Waals surface area contributed by atoms with Crippen LogP contribution in [0.15, 0.2) is 48.6 Å². The Balaban J connectivity index is 1.51. The van der Waals surface area contributed by atoms with Crippen LogP contribution in [0.1, 0.15) is 72.0 Å². The van der Waals surface area contributed by atoms with Crippen LogP contribution >= 0.6 is 11.6 Å². The Kier molecular flexibility index (Phi) is 5.64. The zero-order valence-electron chi connectivity index (χ0n) is 17.7. The molecule has 2 aromatic rings.